The second-order valence-corrected chi connectivity index (χ2v) is 4.60. The number of rotatable bonds is 4. The van der Waals surface area contributed by atoms with Crippen LogP contribution in [0.15, 0.2) is 30.3 Å². The van der Waals surface area contributed by atoms with Gasteiger partial charge in [-0.3, -0.25) is 0 Å². The summed E-state index contributed by atoms with van der Waals surface area (Å²) >= 11 is 0. The van der Waals surface area contributed by atoms with E-state index in [2.05, 4.69) is 0 Å². The predicted molar refractivity (Wildman–Crippen MR) is 60.5 cm³/mol. The van der Waals surface area contributed by atoms with Crippen LogP contribution in [0, 0.1) is 0 Å². The summed E-state index contributed by atoms with van der Waals surface area (Å²) in [6.45, 7) is 1.41. The van der Waals surface area contributed by atoms with Crippen molar-refractivity contribution in [3.05, 3.63) is 35.9 Å². The van der Waals surface area contributed by atoms with Gasteiger partial charge >= 0.3 is 0 Å². The summed E-state index contributed by atoms with van der Waals surface area (Å²) in [5, 5.41) is 9.43. The molecule has 0 spiro atoms. The number of ether oxygens (including phenoxy) is 3. The summed E-state index contributed by atoms with van der Waals surface area (Å²) in [6, 6.07) is 9.98. The van der Waals surface area contributed by atoms with Crippen LogP contribution in [0.3, 0.4) is 0 Å². The minimum absolute atomic E-state index is 0.0362. The maximum atomic E-state index is 9.43. The minimum atomic E-state index is -0.639. The zero-order valence-corrected chi connectivity index (χ0v) is 9.54. The van der Waals surface area contributed by atoms with Crippen molar-refractivity contribution in [1.82, 2.24) is 0 Å². The third-order valence-corrected chi connectivity index (χ3v) is 3.47. The molecule has 4 heteroatoms. The molecule has 3 atom stereocenters. The molecule has 17 heavy (non-hydrogen) atoms. The van der Waals surface area contributed by atoms with E-state index < -0.39 is 5.60 Å². The highest BCUT2D eigenvalue weighted by atomic mass is 16.7. The summed E-state index contributed by atoms with van der Waals surface area (Å²) in [5.74, 6) is 0. The van der Waals surface area contributed by atoms with E-state index in [-0.39, 0.29) is 18.8 Å². The molecule has 4 nitrogen and oxygen atoms in total. The van der Waals surface area contributed by atoms with Crippen molar-refractivity contribution in [1.29, 1.82) is 0 Å². The van der Waals surface area contributed by atoms with E-state index in [0.717, 1.165) is 5.56 Å². The zero-order chi connectivity index (χ0) is 11.7. The second kappa shape index (κ2) is 4.38. The summed E-state index contributed by atoms with van der Waals surface area (Å²) in [7, 11) is 0. The quantitative estimate of drug-likeness (QED) is 0.837. The van der Waals surface area contributed by atoms with Crippen LogP contribution in [0.4, 0.5) is 0 Å². The van der Waals surface area contributed by atoms with Crippen molar-refractivity contribution in [2.24, 2.45) is 0 Å². The standard InChI is InChI=1S/C13H16O4/c14-8-13-9-16-11(7-17-13)12(13)15-6-10-4-2-1-3-5-10/h1-5,11-12,14H,6-9H2/t11?,12-,13+/m0/s1. The lowest BCUT2D eigenvalue weighted by Crippen LogP contribution is -2.45. The average molecular weight is 236 g/mol. The topological polar surface area (TPSA) is 47.9 Å². The van der Waals surface area contributed by atoms with Gasteiger partial charge in [-0.15, -0.1) is 0 Å². The summed E-state index contributed by atoms with van der Waals surface area (Å²) in [4.78, 5) is 0. The highest BCUT2D eigenvalue weighted by Crippen LogP contribution is 2.37. The monoisotopic (exact) mass is 236 g/mol. The zero-order valence-electron chi connectivity index (χ0n) is 9.54. The van der Waals surface area contributed by atoms with Crippen LogP contribution < -0.4 is 0 Å². The molecule has 2 bridgehead atoms. The summed E-state index contributed by atoms with van der Waals surface area (Å²) < 4.78 is 17.0. The average Bonchev–Trinajstić information content (AvgIpc) is 2.92. The molecule has 2 fully saturated rings. The van der Waals surface area contributed by atoms with Gasteiger partial charge in [-0.2, -0.15) is 0 Å². The second-order valence-electron chi connectivity index (χ2n) is 4.60. The van der Waals surface area contributed by atoms with Gasteiger partial charge < -0.3 is 19.3 Å². The Labute approximate surface area is 100 Å². The summed E-state index contributed by atoms with van der Waals surface area (Å²) in [6.07, 6.45) is -0.196. The van der Waals surface area contributed by atoms with Gasteiger partial charge in [0.25, 0.3) is 0 Å². The fourth-order valence-electron chi connectivity index (χ4n) is 2.46. The maximum Gasteiger partial charge on any atom is 0.143 e. The molecule has 2 aliphatic rings. The first-order valence-electron chi connectivity index (χ1n) is 5.86. The Morgan fingerprint density at radius 3 is 2.82 bits per heavy atom. The highest BCUT2D eigenvalue weighted by molar-refractivity contribution is 5.14. The maximum absolute atomic E-state index is 9.43. The van der Waals surface area contributed by atoms with Crippen molar-refractivity contribution >= 4 is 0 Å². The SMILES string of the molecule is OC[C@]12COC(CO1)[C@@H]2OCc1ccccc1. The molecule has 2 heterocycles. The van der Waals surface area contributed by atoms with Crippen molar-refractivity contribution in [2.45, 2.75) is 24.4 Å². The van der Waals surface area contributed by atoms with Gasteiger partial charge in [0.1, 0.15) is 17.8 Å². The van der Waals surface area contributed by atoms with E-state index in [0.29, 0.717) is 19.8 Å². The van der Waals surface area contributed by atoms with E-state index in [4.69, 9.17) is 14.2 Å². The molecular weight excluding hydrogens is 220 g/mol. The molecule has 0 saturated carbocycles. The van der Waals surface area contributed by atoms with E-state index in [9.17, 15) is 5.11 Å². The molecule has 1 unspecified atom stereocenters. The Kier molecular flexibility index (Phi) is 2.88. The first kappa shape index (κ1) is 11.2. The molecule has 1 aromatic rings. The normalized spacial score (nSPS) is 35.4. The molecule has 0 radical (unpaired) electrons. The van der Waals surface area contributed by atoms with Crippen molar-refractivity contribution < 1.29 is 19.3 Å². The number of benzene rings is 1. The van der Waals surface area contributed by atoms with Crippen LogP contribution in [0.25, 0.3) is 0 Å². The molecule has 92 valence electrons. The molecule has 3 rings (SSSR count). The third kappa shape index (κ3) is 1.87. The molecule has 2 saturated heterocycles. The van der Waals surface area contributed by atoms with Crippen LogP contribution in [-0.2, 0) is 20.8 Å². The van der Waals surface area contributed by atoms with Gasteiger partial charge in [-0.25, -0.2) is 0 Å². The Bertz CT molecular complexity index is 370. The minimum Gasteiger partial charge on any atom is -0.393 e. The van der Waals surface area contributed by atoms with Crippen molar-refractivity contribution in [2.75, 3.05) is 19.8 Å². The fourth-order valence-corrected chi connectivity index (χ4v) is 2.46. The van der Waals surface area contributed by atoms with Gasteiger partial charge in [0.15, 0.2) is 0 Å². The van der Waals surface area contributed by atoms with Gasteiger partial charge in [0.05, 0.1) is 26.4 Å². The smallest absolute Gasteiger partial charge is 0.143 e. The molecule has 0 amide bonds. The third-order valence-electron chi connectivity index (χ3n) is 3.47. The first-order chi connectivity index (χ1) is 8.34. The van der Waals surface area contributed by atoms with E-state index >= 15 is 0 Å². The van der Waals surface area contributed by atoms with Crippen LogP contribution in [-0.4, -0.2) is 42.7 Å². The first-order valence-corrected chi connectivity index (χ1v) is 5.86. The number of fused-ring (bicyclic) bond motifs is 2. The number of hydrogen-bond donors (Lipinski definition) is 1. The van der Waals surface area contributed by atoms with Crippen LogP contribution in [0.2, 0.25) is 0 Å². The fraction of sp³-hybridized carbons (Fsp3) is 0.538. The molecule has 2 aliphatic heterocycles. The lowest BCUT2D eigenvalue weighted by molar-refractivity contribution is -0.129. The van der Waals surface area contributed by atoms with E-state index in [1.807, 2.05) is 30.3 Å². The number of aliphatic hydroxyl groups excluding tert-OH is 1. The lowest BCUT2D eigenvalue weighted by Gasteiger charge is -2.26. The van der Waals surface area contributed by atoms with Gasteiger partial charge in [0.2, 0.25) is 0 Å². The highest BCUT2D eigenvalue weighted by Gasteiger charge is 2.57. The van der Waals surface area contributed by atoms with Crippen LogP contribution >= 0.6 is 0 Å². The Balaban J connectivity index is 1.66. The number of aliphatic hydroxyl groups is 1. The molecule has 0 aromatic heterocycles. The molecule has 1 aromatic carbocycles. The Morgan fingerprint density at radius 2 is 2.18 bits per heavy atom. The van der Waals surface area contributed by atoms with Crippen LogP contribution in [0.1, 0.15) is 5.56 Å². The van der Waals surface area contributed by atoms with Gasteiger partial charge in [-0.05, 0) is 5.56 Å². The lowest BCUT2D eigenvalue weighted by atomic mass is 10.0. The largest absolute Gasteiger partial charge is 0.393 e. The van der Waals surface area contributed by atoms with Crippen molar-refractivity contribution in [3.8, 4) is 0 Å². The molecule has 1 N–H and O–H groups in total. The van der Waals surface area contributed by atoms with Gasteiger partial charge in [-0.1, -0.05) is 30.3 Å². The van der Waals surface area contributed by atoms with Crippen LogP contribution in [0.5, 0.6) is 0 Å². The molecule has 0 aliphatic carbocycles. The Hall–Kier alpha value is -0.940. The van der Waals surface area contributed by atoms with Crippen molar-refractivity contribution in [3.63, 3.8) is 0 Å². The summed E-state index contributed by atoms with van der Waals surface area (Å²) in [5.41, 5.74) is 0.478. The Morgan fingerprint density at radius 1 is 1.35 bits per heavy atom. The van der Waals surface area contributed by atoms with E-state index in [1.54, 1.807) is 0 Å². The molecular formula is C13H16O4. The van der Waals surface area contributed by atoms with E-state index in [1.165, 1.54) is 0 Å². The predicted octanol–water partition coefficient (Wildman–Crippen LogP) is 0.732. The van der Waals surface area contributed by atoms with Gasteiger partial charge in [0, 0.05) is 0 Å². The number of hydrogen-bond acceptors (Lipinski definition) is 4.